The van der Waals surface area contributed by atoms with E-state index < -0.39 is 20.0 Å². The van der Waals surface area contributed by atoms with Gasteiger partial charge in [0.25, 0.3) is 5.91 Å². The van der Waals surface area contributed by atoms with Crippen LogP contribution in [-0.2, 0) is 4.79 Å². The molecule has 0 unspecified atom stereocenters. The van der Waals surface area contributed by atoms with Gasteiger partial charge in [-0.3, -0.25) is 9.59 Å². The normalized spacial score (nSPS) is 12.8. The number of benzene rings is 2. The van der Waals surface area contributed by atoms with E-state index in [1.165, 1.54) is 0 Å². The molecule has 2 aromatic rings. The van der Waals surface area contributed by atoms with Crippen LogP contribution in [-0.4, -0.2) is 25.9 Å². The van der Waals surface area contributed by atoms with Gasteiger partial charge in [0.2, 0.25) is 5.91 Å². The fraction of sp³-hybridized carbons (Fsp3) is 0.364. The fourth-order valence-electron chi connectivity index (χ4n) is 2.44. The molecule has 1 atom stereocenters. The molecule has 3 N–H and O–H groups in total. The zero-order valence-electron chi connectivity index (χ0n) is 16.7. The number of carbonyl (C=O) groups excluding carboxylic acids is 2. The van der Waals surface area contributed by atoms with Gasteiger partial charge in [0.05, 0.1) is 0 Å². The summed E-state index contributed by atoms with van der Waals surface area (Å²) in [5.74, 6) is 2.21. The lowest BCUT2D eigenvalue weighted by atomic mass is 10.0. The summed E-state index contributed by atoms with van der Waals surface area (Å²) in [5.41, 5.74) is 9.38. The van der Waals surface area contributed by atoms with Crippen molar-refractivity contribution in [2.24, 2.45) is 5.73 Å². The van der Waals surface area contributed by atoms with E-state index in [4.69, 9.17) is 5.73 Å². The van der Waals surface area contributed by atoms with Crippen molar-refractivity contribution in [2.75, 3.05) is 0 Å². The monoisotopic (exact) mass is 380 g/mol. The first kappa shape index (κ1) is 20.7. The molecule has 0 saturated heterocycles. The van der Waals surface area contributed by atoms with Gasteiger partial charge in [-0.05, 0) is 21.9 Å². The molecular formula is C22H28N2O2Si. The molecule has 0 aromatic heterocycles. The SMILES string of the molecule is CC(C)(C)[Si](C)(C)C#CC[C@H](NC(=O)c1cccc2ccccc12)C(N)=O. The number of nitrogens with one attached hydrogen (secondary N) is 1. The van der Waals surface area contributed by atoms with Crippen molar-refractivity contribution in [3.05, 3.63) is 48.0 Å². The second-order valence-electron chi connectivity index (χ2n) is 8.34. The van der Waals surface area contributed by atoms with E-state index in [0.717, 1.165) is 10.8 Å². The van der Waals surface area contributed by atoms with Crippen LogP contribution in [0, 0.1) is 11.5 Å². The Morgan fingerprint density at radius 1 is 1.11 bits per heavy atom. The van der Waals surface area contributed by atoms with Crippen molar-refractivity contribution in [1.29, 1.82) is 0 Å². The molecule has 27 heavy (non-hydrogen) atoms. The maximum atomic E-state index is 12.7. The highest BCUT2D eigenvalue weighted by molar-refractivity contribution is 6.87. The third-order valence-corrected chi connectivity index (χ3v) is 9.82. The van der Waals surface area contributed by atoms with Gasteiger partial charge in [0.1, 0.15) is 14.1 Å². The van der Waals surface area contributed by atoms with Gasteiger partial charge in [-0.15, -0.1) is 11.5 Å². The maximum absolute atomic E-state index is 12.7. The lowest BCUT2D eigenvalue weighted by Gasteiger charge is -2.31. The van der Waals surface area contributed by atoms with Crippen molar-refractivity contribution < 1.29 is 9.59 Å². The van der Waals surface area contributed by atoms with Gasteiger partial charge < -0.3 is 11.1 Å². The van der Waals surface area contributed by atoms with Gasteiger partial charge in [-0.25, -0.2) is 0 Å². The number of hydrogen-bond donors (Lipinski definition) is 2. The summed E-state index contributed by atoms with van der Waals surface area (Å²) in [6.07, 6.45) is 0.221. The highest BCUT2D eigenvalue weighted by Gasteiger charge is 2.33. The van der Waals surface area contributed by atoms with Crippen molar-refractivity contribution >= 4 is 30.7 Å². The summed E-state index contributed by atoms with van der Waals surface area (Å²) in [6.45, 7) is 11.0. The Hall–Kier alpha value is -2.58. The number of fused-ring (bicyclic) bond motifs is 1. The van der Waals surface area contributed by atoms with E-state index in [-0.39, 0.29) is 17.4 Å². The third-order valence-electron chi connectivity index (χ3n) is 5.27. The van der Waals surface area contributed by atoms with Crippen molar-refractivity contribution in [2.45, 2.75) is 51.4 Å². The van der Waals surface area contributed by atoms with Crippen LogP contribution in [0.1, 0.15) is 37.6 Å². The zero-order chi connectivity index (χ0) is 20.2. The molecule has 4 nitrogen and oxygen atoms in total. The Morgan fingerprint density at radius 3 is 2.37 bits per heavy atom. The number of hydrogen-bond acceptors (Lipinski definition) is 2. The van der Waals surface area contributed by atoms with Crippen molar-refractivity contribution in [1.82, 2.24) is 5.32 Å². The average Bonchev–Trinajstić information content (AvgIpc) is 2.59. The summed E-state index contributed by atoms with van der Waals surface area (Å²) in [7, 11) is -1.77. The molecule has 142 valence electrons. The van der Waals surface area contributed by atoms with E-state index in [9.17, 15) is 9.59 Å². The van der Waals surface area contributed by atoms with Crippen molar-refractivity contribution in [3.8, 4) is 11.5 Å². The van der Waals surface area contributed by atoms with Crippen LogP contribution < -0.4 is 11.1 Å². The van der Waals surface area contributed by atoms with Crippen LogP contribution in [0.5, 0.6) is 0 Å². The van der Waals surface area contributed by atoms with Gasteiger partial charge in [-0.2, -0.15) is 0 Å². The Bertz CT molecular complexity index is 912. The zero-order valence-corrected chi connectivity index (χ0v) is 17.7. The summed E-state index contributed by atoms with van der Waals surface area (Å²) >= 11 is 0. The summed E-state index contributed by atoms with van der Waals surface area (Å²) in [4.78, 5) is 24.6. The quantitative estimate of drug-likeness (QED) is 0.624. The molecule has 0 saturated carbocycles. The van der Waals surface area contributed by atoms with Crippen LogP contribution in [0.3, 0.4) is 0 Å². The van der Waals surface area contributed by atoms with Gasteiger partial charge in [0.15, 0.2) is 0 Å². The molecule has 0 aliphatic rings. The lowest BCUT2D eigenvalue weighted by Crippen LogP contribution is -2.44. The summed E-state index contributed by atoms with van der Waals surface area (Å²) < 4.78 is 0. The molecule has 0 bridgehead atoms. The van der Waals surface area contributed by atoms with Crippen LogP contribution in [0.15, 0.2) is 42.5 Å². The number of nitrogens with two attached hydrogens (primary N) is 1. The van der Waals surface area contributed by atoms with Crippen molar-refractivity contribution in [3.63, 3.8) is 0 Å². The molecule has 5 heteroatoms. The van der Waals surface area contributed by atoms with E-state index in [1.807, 2.05) is 36.4 Å². The van der Waals surface area contributed by atoms with E-state index in [0.29, 0.717) is 5.56 Å². The minimum absolute atomic E-state index is 0.133. The minimum Gasteiger partial charge on any atom is -0.368 e. The van der Waals surface area contributed by atoms with Crippen LogP contribution >= 0.6 is 0 Å². The maximum Gasteiger partial charge on any atom is 0.252 e. The molecule has 0 fully saturated rings. The Balaban J connectivity index is 2.19. The highest BCUT2D eigenvalue weighted by Crippen LogP contribution is 2.35. The highest BCUT2D eigenvalue weighted by atomic mass is 28.3. The molecule has 0 radical (unpaired) electrons. The second-order valence-corrected chi connectivity index (χ2v) is 13.3. The smallest absolute Gasteiger partial charge is 0.252 e. The average molecular weight is 381 g/mol. The van der Waals surface area contributed by atoms with Gasteiger partial charge in [-0.1, -0.05) is 70.3 Å². The minimum atomic E-state index is -1.77. The van der Waals surface area contributed by atoms with Crippen LogP contribution in [0.4, 0.5) is 0 Å². The molecular weight excluding hydrogens is 352 g/mol. The molecule has 0 heterocycles. The Kier molecular flexibility index (Phi) is 6.12. The second kappa shape index (κ2) is 7.97. The number of amides is 2. The topological polar surface area (TPSA) is 72.2 Å². The molecule has 2 rings (SSSR count). The van der Waals surface area contributed by atoms with Crippen LogP contribution in [0.25, 0.3) is 10.8 Å². The number of primary amides is 1. The van der Waals surface area contributed by atoms with Gasteiger partial charge >= 0.3 is 0 Å². The standard InChI is InChI=1S/C22H28N2O2Si/c1-22(2,3)27(4,5)15-9-14-19(20(23)25)24-21(26)18-13-8-11-16-10-6-7-12-17(16)18/h6-8,10-13,19H,14H2,1-5H3,(H2,23,25)(H,24,26)/t19-/m0/s1. The molecule has 2 amide bonds. The molecule has 0 aliphatic carbocycles. The summed E-state index contributed by atoms with van der Waals surface area (Å²) in [5, 5.41) is 4.69. The first-order valence-corrected chi connectivity index (χ1v) is 12.1. The molecule has 0 aliphatic heterocycles. The molecule has 2 aromatic carbocycles. The third kappa shape index (κ3) is 4.99. The predicted molar refractivity (Wildman–Crippen MR) is 114 cm³/mol. The Labute approximate surface area is 162 Å². The number of carbonyl (C=O) groups is 2. The van der Waals surface area contributed by atoms with Gasteiger partial charge in [0, 0.05) is 12.0 Å². The van der Waals surface area contributed by atoms with E-state index in [2.05, 4.69) is 50.6 Å². The first-order valence-electron chi connectivity index (χ1n) is 9.11. The van der Waals surface area contributed by atoms with Crippen LogP contribution in [0.2, 0.25) is 18.1 Å². The lowest BCUT2D eigenvalue weighted by molar-refractivity contribution is -0.119. The fourth-order valence-corrected chi connectivity index (χ4v) is 3.36. The first-order chi connectivity index (χ1) is 12.5. The summed E-state index contributed by atoms with van der Waals surface area (Å²) in [6, 6.07) is 12.4. The predicted octanol–water partition coefficient (Wildman–Crippen LogP) is 3.86. The largest absolute Gasteiger partial charge is 0.368 e. The number of rotatable bonds is 4. The van der Waals surface area contributed by atoms with E-state index in [1.54, 1.807) is 6.07 Å². The molecule has 0 spiro atoms. The Morgan fingerprint density at radius 2 is 1.74 bits per heavy atom. The van der Waals surface area contributed by atoms with E-state index >= 15 is 0 Å².